The first-order chi connectivity index (χ1) is 10.9. The smallest absolute Gasteiger partial charge is 0.409 e. The Labute approximate surface area is 145 Å². The number of nitrogens with one attached hydrogen (secondary N) is 1. The van der Waals surface area contributed by atoms with Gasteiger partial charge in [-0.3, -0.25) is 4.79 Å². The van der Waals surface area contributed by atoms with Crippen LogP contribution < -0.4 is 15.0 Å². The van der Waals surface area contributed by atoms with Crippen LogP contribution in [0.2, 0.25) is 10.0 Å². The highest BCUT2D eigenvalue weighted by atomic mass is 35.5. The van der Waals surface area contributed by atoms with Crippen LogP contribution in [0.3, 0.4) is 0 Å². The molecule has 1 atom stereocenters. The third-order valence-electron chi connectivity index (χ3n) is 3.95. The fourth-order valence-corrected chi connectivity index (χ4v) is 3.03. The number of anilines is 1. The van der Waals surface area contributed by atoms with E-state index < -0.39 is 6.09 Å². The summed E-state index contributed by atoms with van der Waals surface area (Å²) in [5.74, 6) is 0.138. The third-order valence-corrected chi connectivity index (χ3v) is 4.81. The van der Waals surface area contributed by atoms with Crippen molar-refractivity contribution in [1.29, 1.82) is 0 Å². The van der Waals surface area contributed by atoms with Gasteiger partial charge in [-0.1, -0.05) is 35.4 Å². The number of allylic oxidation sites excluding steroid dienone is 1. The minimum absolute atomic E-state index is 0.0922. The number of rotatable bonds is 4. The summed E-state index contributed by atoms with van der Waals surface area (Å²) in [4.78, 5) is 24.6. The van der Waals surface area contributed by atoms with Crippen LogP contribution in [0.25, 0.3) is 0 Å². The number of hydrogen-bond donors (Lipinski definition) is 1. The zero-order chi connectivity index (χ0) is 17.0. The van der Waals surface area contributed by atoms with Crippen molar-refractivity contribution in [3.63, 3.8) is 0 Å². The van der Waals surface area contributed by atoms with Gasteiger partial charge >= 0.3 is 6.09 Å². The van der Waals surface area contributed by atoms with Crippen molar-refractivity contribution in [3.05, 3.63) is 34.3 Å². The van der Waals surface area contributed by atoms with Gasteiger partial charge in [0.25, 0.3) is 0 Å². The molecule has 1 aromatic rings. The molecule has 5 nitrogen and oxygen atoms in total. The number of ether oxygens (including phenoxy) is 1. The highest BCUT2D eigenvalue weighted by Crippen LogP contribution is 2.42. The van der Waals surface area contributed by atoms with Crippen LogP contribution in [0.4, 0.5) is 10.5 Å². The van der Waals surface area contributed by atoms with Crippen LogP contribution in [0.1, 0.15) is 26.2 Å². The topological polar surface area (TPSA) is 58.6 Å². The normalized spacial score (nSPS) is 20.0. The molecule has 7 heteroatoms. The van der Waals surface area contributed by atoms with E-state index in [1.54, 1.807) is 11.0 Å². The quantitative estimate of drug-likeness (QED) is 0.650. The number of benzene rings is 1. The van der Waals surface area contributed by atoms with E-state index in [1.807, 2.05) is 6.92 Å². The van der Waals surface area contributed by atoms with Gasteiger partial charge in [-0.15, -0.1) is 0 Å². The predicted octanol–water partition coefficient (Wildman–Crippen LogP) is 4.17. The monoisotopic (exact) mass is 356 g/mol. The molecule has 0 saturated heterocycles. The summed E-state index contributed by atoms with van der Waals surface area (Å²) in [6.45, 7) is 2.00. The lowest BCUT2D eigenvalue weighted by Gasteiger charge is -2.40. The van der Waals surface area contributed by atoms with Crippen LogP contribution >= 0.6 is 23.2 Å². The maximum Gasteiger partial charge on any atom is 0.412 e. The molecule has 1 aromatic carbocycles. The van der Waals surface area contributed by atoms with E-state index in [2.05, 4.69) is 17.5 Å². The first-order valence-corrected chi connectivity index (χ1v) is 7.96. The number of amides is 2. The summed E-state index contributed by atoms with van der Waals surface area (Å²) >= 11 is 12.5. The first-order valence-electron chi connectivity index (χ1n) is 7.20. The number of hydrogen-bond acceptors (Lipinski definition) is 3. The third kappa shape index (κ3) is 3.62. The Balaban J connectivity index is 2.38. The van der Waals surface area contributed by atoms with Crippen LogP contribution in [0, 0.1) is 0 Å². The fourth-order valence-electron chi connectivity index (χ4n) is 2.58. The zero-order valence-corrected chi connectivity index (χ0v) is 14.4. The van der Waals surface area contributed by atoms with Crippen molar-refractivity contribution in [2.45, 2.75) is 31.7 Å². The van der Waals surface area contributed by atoms with Crippen LogP contribution in [0.15, 0.2) is 24.3 Å². The Bertz CT molecular complexity index is 648. The molecule has 0 saturated carbocycles. The van der Waals surface area contributed by atoms with Gasteiger partial charge in [0.05, 0.1) is 10.7 Å². The SMILES string of the molecule is CNC(=O)Oc1ccc(N(C=O)C2(C)CC=CCC2)c(Cl)c1Cl. The van der Waals surface area contributed by atoms with Crippen LogP contribution in [-0.2, 0) is 4.79 Å². The molecular formula is C16H18Cl2N2O3. The van der Waals surface area contributed by atoms with Crippen molar-refractivity contribution in [3.8, 4) is 5.75 Å². The fraction of sp³-hybridized carbons (Fsp3) is 0.375. The Hall–Kier alpha value is -1.72. The molecule has 124 valence electrons. The average Bonchev–Trinajstić information content (AvgIpc) is 2.55. The Morgan fingerprint density at radius 1 is 1.35 bits per heavy atom. The molecule has 0 bridgehead atoms. The lowest BCUT2D eigenvalue weighted by atomic mass is 9.86. The van der Waals surface area contributed by atoms with E-state index in [-0.39, 0.29) is 21.3 Å². The zero-order valence-electron chi connectivity index (χ0n) is 12.9. The van der Waals surface area contributed by atoms with E-state index in [0.717, 1.165) is 25.7 Å². The molecule has 2 amide bonds. The van der Waals surface area contributed by atoms with E-state index in [0.29, 0.717) is 5.69 Å². The van der Waals surface area contributed by atoms with E-state index in [9.17, 15) is 9.59 Å². The van der Waals surface area contributed by atoms with E-state index in [4.69, 9.17) is 27.9 Å². The van der Waals surface area contributed by atoms with Crippen LogP contribution in [0.5, 0.6) is 5.75 Å². The van der Waals surface area contributed by atoms with Gasteiger partial charge in [0.15, 0.2) is 5.75 Å². The van der Waals surface area contributed by atoms with Gasteiger partial charge in [-0.25, -0.2) is 4.79 Å². The molecule has 1 aliphatic rings. The molecule has 0 spiro atoms. The molecule has 0 heterocycles. The standard InChI is InChI=1S/C16H18Cl2N2O3/c1-16(8-4-3-5-9-16)20(10-21)11-6-7-12(14(18)13(11)17)23-15(22)19-2/h3-4,6-7,10H,5,8-9H2,1-2H3,(H,19,22). The average molecular weight is 357 g/mol. The minimum Gasteiger partial charge on any atom is -0.409 e. The largest absolute Gasteiger partial charge is 0.412 e. The van der Waals surface area contributed by atoms with Crippen molar-refractivity contribution < 1.29 is 14.3 Å². The van der Waals surface area contributed by atoms with Crippen molar-refractivity contribution >= 4 is 41.4 Å². The summed E-state index contributed by atoms with van der Waals surface area (Å²) < 4.78 is 5.03. The molecule has 0 aliphatic heterocycles. The van der Waals surface area contributed by atoms with Crippen molar-refractivity contribution in [2.75, 3.05) is 11.9 Å². The molecule has 0 radical (unpaired) electrons. The lowest BCUT2D eigenvalue weighted by molar-refractivity contribution is -0.108. The molecule has 2 rings (SSSR count). The predicted molar refractivity (Wildman–Crippen MR) is 91.5 cm³/mol. The van der Waals surface area contributed by atoms with E-state index in [1.165, 1.54) is 13.1 Å². The molecule has 0 fully saturated rings. The summed E-state index contributed by atoms with van der Waals surface area (Å²) in [6, 6.07) is 3.15. The molecule has 23 heavy (non-hydrogen) atoms. The Morgan fingerprint density at radius 3 is 2.65 bits per heavy atom. The van der Waals surface area contributed by atoms with Gasteiger partial charge in [-0.2, -0.15) is 0 Å². The van der Waals surface area contributed by atoms with Gasteiger partial charge in [0.1, 0.15) is 5.02 Å². The lowest BCUT2D eigenvalue weighted by Crippen LogP contribution is -2.46. The number of carbonyl (C=O) groups excluding carboxylic acids is 2. The minimum atomic E-state index is -0.646. The second kappa shape index (κ2) is 7.23. The summed E-state index contributed by atoms with van der Waals surface area (Å²) in [7, 11) is 1.44. The first kappa shape index (κ1) is 17.6. The van der Waals surface area contributed by atoms with Gasteiger partial charge in [0, 0.05) is 12.6 Å². The van der Waals surface area contributed by atoms with Crippen molar-refractivity contribution in [1.82, 2.24) is 5.32 Å². The summed E-state index contributed by atoms with van der Waals surface area (Å²) in [6.07, 6.45) is 6.72. The van der Waals surface area contributed by atoms with Gasteiger partial charge in [-0.05, 0) is 38.3 Å². The second-order valence-corrected chi connectivity index (χ2v) is 6.29. The maximum absolute atomic E-state index is 11.7. The highest BCUT2D eigenvalue weighted by molar-refractivity contribution is 6.45. The highest BCUT2D eigenvalue weighted by Gasteiger charge is 2.33. The second-order valence-electron chi connectivity index (χ2n) is 5.54. The van der Waals surface area contributed by atoms with Gasteiger partial charge < -0.3 is 15.0 Å². The molecule has 1 N–H and O–H groups in total. The van der Waals surface area contributed by atoms with Gasteiger partial charge in [0.2, 0.25) is 6.41 Å². The Morgan fingerprint density at radius 2 is 2.09 bits per heavy atom. The number of carbonyl (C=O) groups is 2. The molecular weight excluding hydrogens is 339 g/mol. The summed E-state index contributed by atoms with van der Waals surface area (Å²) in [5.41, 5.74) is 0.126. The Kier molecular flexibility index (Phi) is 5.55. The number of nitrogens with zero attached hydrogens (tertiary/aromatic N) is 1. The maximum atomic E-state index is 11.7. The van der Waals surface area contributed by atoms with Crippen LogP contribution in [-0.4, -0.2) is 25.1 Å². The molecule has 0 aromatic heterocycles. The van der Waals surface area contributed by atoms with E-state index >= 15 is 0 Å². The van der Waals surface area contributed by atoms with Crippen molar-refractivity contribution in [2.24, 2.45) is 0 Å². The molecule has 1 unspecified atom stereocenters. The summed E-state index contributed by atoms with van der Waals surface area (Å²) in [5, 5.41) is 2.60. The number of halogens is 2. The molecule has 1 aliphatic carbocycles.